The van der Waals surface area contributed by atoms with E-state index in [2.05, 4.69) is 45.9 Å². The fourth-order valence-electron chi connectivity index (χ4n) is 4.06. The molecule has 0 aromatic heterocycles. The monoisotopic (exact) mass is 334 g/mol. The van der Waals surface area contributed by atoms with Gasteiger partial charge >= 0.3 is 0 Å². The minimum atomic E-state index is -0.327. The number of allylic oxidation sites excluding steroid dienone is 4. The minimum absolute atomic E-state index is 0.212. The van der Waals surface area contributed by atoms with E-state index in [0.29, 0.717) is 12.5 Å². The van der Waals surface area contributed by atoms with Gasteiger partial charge < -0.3 is 14.6 Å². The summed E-state index contributed by atoms with van der Waals surface area (Å²) in [7, 11) is 1.70. The highest BCUT2D eigenvalue weighted by molar-refractivity contribution is 5.21. The van der Waals surface area contributed by atoms with E-state index in [0.717, 1.165) is 25.7 Å². The summed E-state index contributed by atoms with van der Waals surface area (Å²) in [6.07, 6.45) is 10.0. The van der Waals surface area contributed by atoms with E-state index in [1.807, 2.05) is 0 Å². The van der Waals surface area contributed by atoms with Gasteiger partial charge in [0.05, 0.1) is 12.7 Å². The standard InChI is InChI=1S/C21H34O3/c1-14(2)7-6-8-16(4)20-18-13-24-21(23-5)17(18)11-9-15(3)10-12-19(20)22/h7,10-11,16,18-22H,6,8-9,12-13H2,1-5H3/b15-10+,17-11-/t16-,18-,19-,20+,21-/m1/s1. The van der Waals surface area contributed by atoms with Crippen LogP contribution in [0.2, 0.25) is 0 Å². The molecule has 2 aliphatic rings. The van der Waals surface area contributed by atoms with Crippen molar-refractivity contribution in [1.29, 1.82) is 0 Å². The van der Waals surface area contributed by atoms with Crippen molar-refractivity contribution in [2.75, 3.05) is 13.7 Å². The lowest BCUT2D eigenvalue weighted by Crippen LogP contribution is -2.34. The quantitative estimate of drug-likeness (QED) is 0.745. The third-order valence-electron chi connectivity index (χ3n) is 5.45. The normalized spacial score (nSPS) is 36.2. The predicted octanol–water partition coefficient (Wildman–Crippen LogP) is 4.63. The van der Waals surface area contributed by atoms with Crippen LogP contribution in [0.1, 0.15) is 53.4 Å². The maximum absolute atomic E-state index is 10.9. The Balaban J connectivity index is 2.23. The maximum Gasteiger partial charge on any atom is 0.179 e. The molecule has 0 saturated carbocycles. The summed E-state index contributed by atoms with van der Waals surface area (Å²) in [4.78, 5) is 0. The molecule has 0 aromatic carbocycles. The fraction of sp³-hybridized carbons (Fsp3) is 0.714. The molecular formula is C21H34O3. The number of ether oxygens (including phenoxy) is 2. The first-order valence-electron chi connectivity index (χ1n) is 9.25. The summed E-state index contributed by atoms with van der Waals surface area (Å²) < 4.78 is 11.4. The molecule has 3 nitrogen and oxygen atoms in total. The van der Waals surface area contributed by atoms with Crippen LogP contribution in [-0.2, 0) is 9.47 Å². The summed E-state index contributed by atoms with van der Waals surface area (Å²) >= 11 is 0. The van der Waals surface area contributed by atoms with E-state index < -0.39 is 0 Å². The second kappa shape index (κ2) is 8.98. The van der Waals surface area contributed by atoms with Gasteiger partial charge in [0.25, 0.3) is 0 Å². The van der Waals surface area contributed by atoms with Gasteiger partial charge in [0.15, 0.2) is 6.29 Å². The first-order chi connectivity index (χ1) is 11.4. The number of hydrogen-bond donors (Lipinski definition) is 1. The van der Waals surface area contributed by atoms with Crippen molar-refractivity contribution in [3.63, 3.8) is 0 Å². The van der Waals surface area contributed by atoms with Crippen molar-refractivity contribution in [1.82, 2.24) is 0 Å². The molecule has 2 rings (SSSR count). The fourth-order valence-corrected chi connectivity index (χ4v) is 4.06. The van der Waals surface area contributed by atoms with Crippen molar-refractivity contribution in [2.45, 2.75) is 65.8 Å². The second-order valence-corrected chi connectivity index (χ2v) is 7.68. The Hall–Kier alpha value is -0.900. The molecular weight excluding hydrogens is 300 g/mol. The van der Waals surface area contributed by atoms with Crippen LogP contribution in [0, 0.1) is 17.8 Å². The molecule has 1 aliphatic heterocycles. The number of hydrogen-bond acceptors (Lipinski definition) is 3. The molecule has 1 heterocycles. The van der Waals surface area contributed by atoms with Gasteiger partial charge in [-0.25, -0.2) is 0 Å². The SMILES string of the molecule is CO[C@@H]1OC[C@@H]2/C1=C/C/C(C)=C/C[C@@H](O)[C@H]2[C@H](C)CCC=C(C)C. The maximum atomic E-state index is 10.9. The molecule has 1 fully saturated rings. The number of methoxy groups -OCH3 is 1. The smallest absolute Gasteiger partial charge is 0.179 e. The Bertz CT molecular complexity index is 499. The second-order valence-electron chi connectivity index (χ2n) is 7.68. The summed E-state index contributed by atoms with van der Waals surface area (Å²) in [6.45, 7) is 9.34. The van der Waals surface area contributed by atoms with Crippen molar-refractivity contribution in [3.05, 3.63) is 34.9 Å². The molecule has 0 aromatic rings. The number of aliphatic hydroxyl groups is 1. The number of fused-ring (bicyclic) bond motifs is 1. The Labute approximate surface area is 147 Å². The minimum Gasteiger partial charge on any atom is -0.392 e. The zero-order valence-corrected chi connectivity index (χ0v) is 15.9. The van der Waals surface area contributed by atoms with Crippen molar-refractivity contribution in [2.24, 2.45) is 17.8 Å². The van der Waals surface area contributed by atoms with Crippen LogP contribution in [0.3, 0.4) is 0 Å². The Morgan fingerprint density at radius 2 is 2.17 bits per heavy atom. The third kappa shape index (κ3) is 4.81. The van der Waals surface area contributed by atoms with Crippen LogP contribution in [0.4, 0.5) is 0 Å². The highest BCUT2D eigenvalue weighted by Crippen LogP contribution is 2.41. The van der Waals surface area contributed by atoms with E-state index in [1.165, 1.54) is 16.7 Å². The van der Waals surface area contributed by atoms with E-state index in [-0.39, 0.29) is 24.2 Å². The Kier molecular flexibility index (Phi) is 7.27. The number of rotatable bonds is 5. The van der Waals surface area contributed by atoms with Crippen molar-refractivity contribution < 1.29 is 14.6 Å². The molecule has 0 unspecified atom stereocenters. The molecule has 5 atom stereocenters. The van der Waals surface area contributed by atoms with Crippen LogP contribution in [0.25, 0.3) is 0 Å². The molecule has 0 radical (unpaired) electrons. The van der Waals surface area contributed by atoms with E-state index in [9.17, 15) is 5.11 Å². The van der Waals surface area contributed by atoms with E-state index in [4.69, 9.17) is 9.47 Å². The first kappa shape index (κ1) is 19.4. The average Bonchev–Trinajstić information content (AvgIpc) is 2.94. The van der Waals surface area contributed by atoms with Crippen LogP contribution < -0.4 is 0 Å². The zero-order chi connectivity index (χ0) is 17.7. The summed E-state index contributed by atoms with van der Waals surface area (Å²) in [5.74, 6) is 0.907. The molecule has 0 bridgehead atoms. The highest BCUT2D eigenvalue weighted by Gasteiger charge is 2.41. The molecule has 24 heavy (non-hydrogen) atoms. The molecule has 1 aliphatic carbocycles. The van der Waals surface area contributed by atoms with Crippen LogP contribution in [0.5, 0.6) is 0 Å². The van der Waals surface area contributed by atoms with Crippen LogP contribution in [-0.4, -0.2) is 31.2 Å². The molecule has 1 N–H and O–H groups in total. The summed E-state index contributed by atoms with van der Waals surface area (Å²) in [6, 6.07) is 0. The van der Waals surface area contributed by atoms with Crippen LogP contribution >= 0.6 is 0 Å². The molecule has 136 valence electrons. The molecule has 3 heteroatoms. The summed E-state index contributed by atoms with van der Waals surface area (Å²) in [5.41, 5.74) is 3.89. The highest BCUT2D eigenvalue weighted by atomic mass is 16.7. The van der Waals surface area contributed by atoms with E-state index in [1.54, 1.807) is 7.11 Å². The lowest BCUT2D eigenvalue weighted by Gasteiger charge is -2.33. The van der Waals surface area contributed by atoms with Gasteiger partial charge in [0, 0.05) is 13.0 Å². The summed E-state index contributed by atoms with van der Waals surface area (Å²) in [5, 5.41) is 10.9. The van der Waals surface area contributed by atoms with Gasteiger partial charge in [-0.3, -0.25) is 0 Å². The van der Waals surface area contributed by atoms with E-state index >= 15 is 0 Å². The van der Waals surface area contributed by atoms with Gasteiger partial charge in [-0.05, 0) is 63.9 Å². The topological polar surface area (TPSA) is 38.7 Å². The first-order valence-corrected chi connectivity index (χ1v) is 9.25. The van der Waals surface area contributed by atoms with Crippen molar-refractivity contribution >= 4 is 0 Å². The number of aliphatic hydroxyl groups excluding tert-OH is 1. The van der Waals surface area contributed by atoms with Gasteiger partial charge in [-0.1, -0.05) is 36.3 Å². The molecule has 1 saturated heterocycles. The van der Waals surface area contributed by atoms with Gasteiger partial charge in [0.2, 0.25) is 0 Å². The zero-order valence-electron chi connectivity index (χ0n) is 15.9. The van der Waals surface area contributed by atoms with Crippen LogP contribution in [0.15, 0.2) is 34.9 Å². The average molecular weight is 335 g/mol. The van der Waals surface area contributed by atoms with Gasteiger partial charge in [-0.15, -0.1) is 0 Å². The lowest BCUT2D eigenvalue weighted by atomic mass is 9.73. The van der Waals surface area contributed by atoms with Gasteiger partial charge in [0.1, 0.15) is 0 Å². The third-order valence-corrected chi connectivity index (χ3v) is 5.45. The van der Waals surface area contributed by atoms with Crippen molar-refractivity contribution in [3.8, 4) is 0 Å². The predicted molar refractivity (Wildman–Crippen MR) is 98.6 cm³/mol. The largest absolute Gasteiger partial charge is 0.392 e. The Morgan fingerprint density at radius 3 is 2.83 bits per heavy atom. The lowest BCUT2D eigenvalue weighted by molar-refractivity contribution is -0.0727. The molecule has 0 spiro atoms. The van der Waals surface area contributed by atoms with Gasteiger partial charge in [-0.2, -0.15) is 0 Å². The Morgan fingerprint density at radius 1 is 1.42 bits per heavy atom. The molecule has 0 amide bonds.